The largest absolute Gasteiger partial charge is 0.497 e. The van der Waals surface area contributed by atoms with E-state index in [4.69, 9.17) is 25.8 Å². The summed E-state index contributed by atoms with van der Waals surface area (Å²) in [7, 11) is 3.26. The molecule has 0 unspecified atom stereocenters. The second-order valence-electron chi connectivity index (χ2n) is 6.04. The number of halogens is 1. The first-order valence-corrected chi connectivity index (χ1v) is 7.67. The summed E-state index contributed by atoms with van der Waals surface area (Å²) in [6, 6.07) is 5.13. The normalized spacial score (nSPS) is 27.0. The number of nitrogens with zero attached hydrogens (tertiary/aromatic N) is 1. The summed E-state index contributed by atoms with van der Waals surface area (Å²) >= 11 is 6.19. The highest BCUT2D eigenvalue weighted by molar-refractivity contribution is 6.33. The molecule has 2 saturated heterocycles. The van der Waals surface area contributed by atoms with Crippen LogP contribution in [0.2, 0.25) is 5.02 Å². The highest BCUT2D eigenvalue weighted by Crippen LogP contribution is 2.42. The van der Waals surface area contributed by atoms with Crippen LogP contribution in [0.15, 0.2) is 18.2 Å². The lowest BCUT2D eigenvalue weighted by Gasteiger charge is -2.26. The van der Waals surface area contributed by atoms with E-state index in [9.17, 15) is 4.79 Å². The molecule has 120 valence electrons. The third-order valence-electron chi connectivity index (χ3n) is 4.64. The average Bonchev–Trinajstić information content (AvgIpc) is 3.04. The summed E-state index contributed by atoms with van der Waals surface area (Å²) in [5.74, 6) is 0.886. The zero-order valence-corrected chi connectivity index (χ0v) is 13.6. The zero-order chi connectivity index (χ0) is 15.7. The van der Waals surface area contributed by atoms with Gasteiger partial charge in [0.25, 0.3) is 5.91 Å². The molecule has 0 radical (unpaired) electrons. The highest BCUT2D eigenvalue weighted by Gasteiger charge is 2.52. The van der Waals surface area contributed by atoms with Gasteiger partial charge in [0.05, 0.1) is 37.5 Å². The standard InChI is InChI=1S/C16H20ClNO4/c1-20-9-16-8-18(6-11(16)7-22-10-16)15(19)13-5-12(21-2)3-4-14(13)17/h3-5,11H,6-10H2,1-2H3/t11-,16-/m0/s1. The topological polar surface area (TPSA) is 48.0 Å². The van der Waals surface area contributed by atoms with E-state index in [2.05, 4.69) is 0 Å². The van der Waals surface area contributed by atoms with E-state index in [1.807, 2.05) is 4.90 Å². The first kappa shape index (κ1) is 15.6. The van der Waals surface area contributed by atoms with E-state index in [0.717, 1.165) is 0 Å². The van der Waals surface area contributed by atoms with Crippen molar-refractivity contribution in [3.63, 3.8) is 0 Å². The van der Waals surface area contributed by atoms with E-state index in [-0.39, 0.29) is 11.3 Å². The summed E-state index contributed by atoms with van der Waals surface area (Å²) in [4.78, 5) is 14.7. The molecule has 0 spiro atoms. The Morgan fingerprint density at radius 3 is 3.05 bits per heavy atom. The monoisotopic (exact) mass is 325 g/mol. The lowest BCUT2D eigenvalue weighted by Crippen LogP contribution is -2.37. The Morgan fingerprint density at radius 2 is 2.32 bits per heavy atom. The number of methoxy groups -OCH3 is 2. The molecule has 0 bridgehead atoms. The number of hydrogen-bond donors (Lipinski definition) is 0. The number of likely N-dealkylation sites (tertiary alicyclic amines) is 1. The minimum Gasteiger partial charge on any atom is -0.497 e. The molecule has 0 aromatic heterocycles. The molecule has 0 aliphatic carbocycles. The molecule has 1 amide bonds. The van der Waals surface area contributed by atoms with Crippen LogP contribution in [0.5, 0.6) is 5.75 Å². The molecule has 2 aliphatic heterocycles. The van der Waals surface area contributed by atoms with Crippen molar-refractivity contribution < 1.29 is 19.0 Å². The summed E-state index contributed by atoms with van der Waals surface area (Å²) in [6.07, 6.45) is 0. The Morgan fingerprint density at radius 1 is 1.50 bits per heavy atom. The van der Waals surface area contributed by atoms with Gasteiger partial charge in [-0.1, -0.05) is 11.6 Å². The van der Waals surface area contributed by atoms with Crippen molar-refractivity contribution in [2.24, 2.45) is 11.3 Å². The fourth-order valence-electron chi connectivity index (χ4n) is 3.44. The fourth-order valence-corrected chi connectivity index (χ4v) is 3.64. The third kappa shape index (κ3) is 2.57. The number of rotatable bonds is 4. The zero-order valence-electron chi connectivity index (χ0n) is 12.8. The molecule has 1 aromatic carbocycles. The molecule has 0 N–H and O–H groups in total. The van der Waals surface area contributed by atoms with Gasteiger partial charge in [0, 0.05) is 31.5 Å². The van der Waals surface area contributed by atoms with E-state index in [0.29, 0.717) is 55.2 Å². The molecule has 2 heterocycles. The molecule has 5 nitrogen and oxygen atoms in total. The van der Waals surface area contributed by atoms with Crippen LogP contribution in [-0.4, -0.2) is 57.9 Å². The lowest BCUT2D eigenvalue weighted by molar-refractivity contribution is 0.0489. The second-order valence-corrected chi connectivity index (χ2v) is 6.45. The molecule has 6 heteroatoms. The van der Waals surface area contributed by atoms with E-state index < -0.39 is 0 Å². The minimum absolute atomic E-state index is 0.0613. The van der Waals surface area contributed by atoms with Gasteiger partial charge in [-0.05, 0) is 18.2 Å². The van der Waals surface area contributed by atoms with E-state index in [1.165, 1.54) is 0 Å². The van der Waals surface area contributed by atoms with Gasteiger partial charge in [-0.25, -0.2) is 0 Å². The van der Waals surface area contributed by atoms with Crippen LogP contribution in [0.3, 0.4) is 0 Å². The number of ether oxygens (including phenoxy) is 3. The Balaban J connectivity index is 1.82. The predicted octanol–water partition coefficient (Wildman–Crippen LogP) is 2.08. The van der Waals surface area contributed by atoms with Gasteiger partial charge in [0.2, 0.25) is 0 Å². The maximum atomic E-state index is 12.8. The Hall–Kier alpha value is -1.30. The molecule has 22 heavy (non-hydrogen) atoms. The lowest BCUT2D eigenvalue weighted by atomic mass is 9.82. The van der Waals surface area contributed by atoms with Crippen molar-refractivity contribution in [2.75, 3.05) is 47.1 Å². The van der Waals surface area contributed by atoms with Crippen LogP contribution in [0.4, 0.5) is 0 Å². The number of carbonyl (C=O) groups excluding carboxylic acids is 1. The van der Waals surface area contributed by atoms with Gasteiger partial charge in [-0.15, -0.1) is 0 Å². The Labute approximate surface area is 135 Å². The summed E-state index contributed by atoms with van der Waals surface area (Å²) in [6.45, 7) is 3.24. The Kier molecular flexibility index (Phi) is 4.30. The fraction of sp³-hybridized carbons (Fsp3) is 0.562. The van der Waals surface area contributed by atoms with Gasteiger partial charge in [-0.3, -0.25) is 4.79 Å². The predicted molar refractivity (Wildman–Crippen MR) is 82.5 cm³/mol. The van der Waals surface area contributed by atoms with Crippen LogP contribution < -0.4 is 4.74 Å². The SMILES string of the molecule is COC[C@@]12COC[C@@H]1CN(C(=O)c1cc(OC)ccc1Cl)C2. The molecule has 3 rings (SSSR count). The molecule has 1 aromatic rings. The number of hydrogen-bond acceptors (Lipinski definition) is 4. The van der Waals surface area contributed by atoms with Crippen LogP contribution in [0.25, 0.3) is 0 Å². The highest BCUT2D eigenvalue weighted by atomic mass is 35.5. The number of benzene rings is 1. The van der Waals surface area contributed by atoms with Crippen molar-refractivity contribution >= 4 is 17.5 Å². The van der Waals surface area contributed by atoms with Crippen molar-refractivity contribution in [3.05, 3.63) is 28.8 Å². The summed E-state index contributed by atoms with van der Waals surface area (Å²) in [5.41, 5.74) is 0.393. The van der Waals surface area contributed by atoms with Crippen LogP contribution in [0, 0.1) is 11.3 Å². The van der Waals surface area contributed by atoms with Crippen molar-refractivity contribution in [1.29, 1.82) is 0 Å². The van der Waals surface area contributed by atoms with Gasteiger partial charge >= 0.3 is 0 Å². The average molecular weight is 326 g/mol. The molecule has 2 fully saturated rings. The van der Waals surface area contributed by atoms with Gasteiger partial charge in [0.1, 0.15) is 5.75 Å². The Bertz CT molecular complexity index is 579. The third-order valence-corrected chi connectivity index (χ3v) is 4.97. The summed E-state index contributed by atoms with van der Waals surface area (Å²) in [5, 5.41) is 0.444. The van der Waals surface area contributed by atoms with Crippen LogP contribution in [-0.2, 0) is 9.47 Å². The maximum Gasteiger partial charge on any atom is 0.255 e. The first-order chi connectivity index (χ1) is 10.6. The molecule has 0 saturated carbocycles. The molecule has 2 atom stereocenters. The second kappa shape index (κ2) is 6.07. The minimum atomic E-state index is -0.0875. The quantitative estimate of drug-likeness (QED) is 0.850. The van der Waals surface area contributed by atoms with E-state index in [1.54, 1.807) is 32.4 Å². The number of carbonyl (C=O) groups is 1. The maximum absolute atomic E-state index is 12.8. The molecular formula is C16H20ClNO4. The van der Waals surface area contributed by atoms with E-state index >= 15 is 0 Å². The van der Waals surface area contributed by atoms with Gasteiger partial charge in [-0.2, -0.15) is 0 Å². The van der Waals surface area contributed by atoms with Crippen molar-refractivity contribution in [3.8, 4) is 5.75 Å². The first-order valence-electron chi connectivity index (χ1n) is 7.29. The number of fused-ring (bicyclic) bond motifs is 1. The summed E-state index contributed by atoms with van der Waals surface area (Å²) < 4.78 is 16.1. The number of amides is 1. The van der Waals surface area contributed by atoms with Crippen molar-refractivity contribution in [1.82, 2.24) is 4.90 Å². The van der Waals surface area contributed by atoms with Crippen LogP contribution in [0.1, 0.15) is 10.4 Å². The van der Waals surface area contributed by atoms with Crippen molar-refractivity contribution in [2.45, 2.75) is 0 Å². The van der Waals surface area contributed by atoms with Gasteiger partial charge < -0.3 is 19.1 Å². The molecular weight excluding hydrogens is 306 g/mol. The van der Waals surface area contributed by atoms with Crippen LogP contribution >= 0.6 is 11.6 Å². The molecule has 2 aliphatic rings. The smallest absolute Gasteiger partial charge is 0.255 e. The van der Waals surface area contributed by atoms with Gasteiger partial charge in [0.15, 0.2) is 0 Å².